The third-order valence-corrected chi connectivity index (χ3v) is 5.58. The quantitative estimate of drug-likeness (QED) is 0.563. The first-order chi connectivity index (χ1) is 10.1. The van der Waals surface area contributed by atoms with Crippen molar-refractivity contribution >= 4 is 10.0 Å². The highest BCUT2D eigenvalue weighted by atomic mass is 32.2. The van der Waals surface area contributed by atoms with Crippen molar-refractivity contribution in [2.24, 2.45) is 0 Å². The highest BCUT2D eigenvalue weighted by molar-refractivity contribution is 7.89. The van der Waals surface area contributed by atoms with Gasteiger partial charge in [0.2, 0.25) is 10.0 Å². The molecule has 0 saturated heterocycles. The topological polar surface area (TPSA) is 49.4 Å². The monoisotopic (exact) mass is 308 g/mol. The largest absolute Gasteiger partial charge is 0.313 e. The SMILES string of the molecule is C=CCN(C1CC1)S(=O)(=O)c1ccccc1CNCCC. The minimum atomic E-state index is -3.45. The zero-order chi connectivity index (χ0) is 15.3. The molecule has 116 valence electrons. The Morgan fingerprint density at radius 1 is 1.38 bits per heavy atom. The van der Waals surface area contributed by atoms with Crippen molar-refractivity contribution in [3.05, 3.63) is 42.5 Å². The lowest BCUT2D eigenvalue weighted by molar-refractivity contribution is 0.435. The molecule has 21 heavy (non-hydrogen) atoms. The first-order valence-corrected chi connectivity index (χ1v) is 8.96. The van der Waals surface area contributed by atoms with Crippen molar-refractivity contribution < 1.29 is 8.42 Å². The normalized spacial score (nSPS) is 15.3. The lowest BCUT2D eigenvalue weighted by atomic mass is 10.2. The van der Waals surface area contributed by atoms with E-state index < -0.39 is 10.0 Å². The van der Waals surface area contributed by atoms with E-state index in [1.54, 1.807) is 22.5 Å². The molecule has 0 heterocycles. The van der Waals surface area contributed by atoms with E-state index in [1.165, 1.54) is 0 Å². The second-order valence-electron chi connectivity index (χ2n) is 5.38. The third kappa shape index (κ3) is 3.93. The lowest BCUT2D eigenvalue weighted by Gasteiger charge is -2.22. The van der Waals surface area contributed by atoms with Crippen LogP contribution in [0.25, 0.3) is 0 Å². The third-order valence-electron chi connectivity index (χ3n) is 3.56. The lowest BCUT2D eigenvalue weighted by Crippen LogP contribution is -2.34. The number of sulfonamides is 1. The van der Waals surface area contributed by atoms with Crippen molar-refractivity contribution in [1.29, 1.82) is 0 Å². The Balaban J connectivity index is 2.27. The zero-order valence-corrected chi connectivity index (χ0v) is 13.4. The van der Waals surface area contributed by atoms with Crippen LogP contribution in [0.2, 0.25) is 0 Å². The molecule has 0 unspecified atom stereocenters. The smallest absolute Gasteiger partial charge is 0.243 e. The Morgan fingerprint density at radius 3 is 2.71 bits per heavy atom. The van der Waals surface area contributed by atoms with Crippen LogP contribution in [-0.4, -0.2) is 31.9 Å². The van der Waals surface area contributed by atoms with Crippen molar-refractivity contribution in [2.75, 3.05) is 13.1 Å². The second-order valence-corrected chi connectivity index (χ2v) is 7.24. The van der Waals surface area contributed by atoms with Crippen LogP contribution in [0.15, 0.2) is 41.8 Å². The number of rotatable bonds is 9. The summed E-state index contributed by atoms with van der Waals surface area (Å²) in [5.41, 5.74) is 0.834. The summed E-state index contributed by atoms with van der Waals surface area (Å²) in [4.78, 5) is 0.419. The first kappa shape index (κ1) is 16.2. The van der Waals surface area contributed by atoms with Gasteiger partial charge in [0.05, 0.1) is 4.90 Å². The zero-order valence-electron chi connectivity index (χ0n) is 12.6. The molecule has 0 bridgehead atoms. The molecule has 1 N–H and O–H groups in total. The number of nitrogens with one attached hydrogen (secondary N) is 1. The van der Waals surface area contributed by atoms with Crippen molar-refractivity contribution in [3.63, 3.8) is 0 Å². The average molecular weight is 308 g/mol. The van der Waals surface area contributed by atoms with Gasteiger partial charge in [0, 0.05) is 19.1 Å². The van der Waals surface area contributed by atoms with Gasteiger partial charge in [-0.1, -0.05) is 31.2 Å². The van der Waals surface area contributed by atoms with Crippen LogP contribution in [0.5, 0.6) is 0 Å². The Morgan fingerprint density at radius 2 is 2.10 bits per heavy atom. The van der Waals surface area contributed by atoms with Gasteiger partial charge >= 0.3 is 0 Å². The fourth-order valence-electron chi connectivity index (χ4n) is 2.36. The van der Waals surface area contributed by atoms with E-state index in [-0.39, 0.29) is 6.04 Å². The molecule has 1 aromatic rings. The molecule has 0 spiro atoms. The maximum atomic E-state index is 12.9. The van der Waals surface area contributed by atoms with Crippen LogP contribution in [0, 0.1) is 0 Å². The number of nitrogens with zero attached hydrogens (tertiary/aromatic N) is 1. The Hall–Kier alpha value is -1.17. The standard InChI is InChI=1S/C16H24N2O2S/c1-3-11-17-13-14-7-5-6-8-16(14)21(19,20)18(12-4-2)15-9-10-15/h4-8,15,17H,2-3,9-13H2,1H3. The van der Waals surface area contributed by atoms with Gasteiger partial charge in [-0.3, -0.25) is 0 Å². The van der Waals surface area contributed by atoms with Gasteiger partial charge in [0.25, 0.3) is 0 Å². The predicted octanol–water partition coefficient (Wildman–Crippen LogP) is 2.53. The van der Waals surface area contributed by atoms with Crippen molar-refractivity contribution in [1.82, 2.24) is 9.62 Å². The molecule has 1 aliphatic rings. The summed E-state index contributed by atoms with van der Waals surface area (Å²) in [5.74, 6) is 0. The molecule has 0 amide bonds. The molecule has 0 atom stereocenters. The molecule has 0 aromatic heterocycles. The highest BCUT2D eigenvalue weighted by Gasteiger charge is 2.37. The van der Waals surface area contributed by atoms with Crippen molar-refractivity contribution in [3.8, 4) is 0 Å². The second kappa shape index (κ2) is 7.20. The molecule has 0 radical (unpaired) electrons. The van der Waals surface area contributed by atoms with Crippen LogP contribution in [-0.2, 0) is 16.6 Å². The molecule has 2 rings (SSSR count). The molecular weight excluding hydrogens is 284 g/mol. The number of benzene rings is 1. The van der Waals surface area contributed by atoms with E-state index in [4.69, 9.17) is 0 Å². The number of hydrogen-bond donors (Lipinski definition) is 1. The maximum absolute atomic E-state index is 12.9. The summed E-state index contributed by atoms with van der Waals surface area (Å²) in [5, 5.41) is 3.28. The summed E-state index contributed by atoms with van der Waals surface area (Å²) >= 11 is 0. The van der Waals surface area contributed by atoms with Crippen LogP contribution >= 0.6 is 0 Å². The van der Waals surface area contributed by atoms with Crippen LogP contribution in [0.4, 0.5) is 0 Å². The molecule has 1 aliphatic carbocycles. The minimum Gasteiger partial charge on any atom is -0.313 e. The first-order valence-electron chi connectivity index (χ1n) is 7.52. The van der Waals surface area contributed by atoms with E-state index in [0.29, 0.717) is 18.0 Å². The number of hydrogen-bond acceptors (Lipinski definition) is 3. The van der Waals surface area contributed by atoms with Gasteiger partial charge in [-0.05, 0) is 37.4 Å². The van der Waals surface area contributed by atoms with Gasteiger partial charge in [-0.15, -0.1) is 6.58 Å². The van der Waals surface area contributed by atoms with Crippen molar-refractivity contribution in [2.45, 2.75) is 43.7 Å². The average Bonchev–Trinajstić information content (AvgIpc) is 3.30. The van der Waals surface area contributed by atoms with Gasteiger partial charge < -0.3 is 5.32 Å². The van der Waals surface area contributed by atoms with E-state index in [9.17, 15) is 8.42 Å². The predicted molar refractivity (Wildman–Crippen MR) is 85.6 cm³/mol. The summed E-state index contributed by atoms with van der Waals surface area (Å²) in [7, 11) is -3.45. The molecule has 4 nitrogen and oxygen atoms in total. The van der Waals surface area contributed by atoms with Crippen LogP contribution < -0.4 is 5.32 Å². The molecule has 5 heteroatoms. The summed E-state index contributed by atoms with van der Waals surface area (Å²) < 4.78 is 27.4. The fraction of sp³-hybridized carbons (Fsp3) is 0.500. The van der Waals surface area contributed by atoms with E-state index in [0.717, 1.165) is 31.4 Å². The van der Waals surface area contributed by atoms with Gasteiger partial charge in [-0.25, -0.2) is 8.42 Å². The Bertz CT molecular complexity index is 580. The van der Waals surface area contributed by atoms with Crippen LogP contribution in [0.1, 0.15) is 31.7 Å². The van der Waals surface area contributed by atoms with Gasteiger partial charge in [0.1, 0.15) is 0 Å². The highest BCUT2D eigenvalue weighted by Crippen LogP contribution is 2.32. The molecule has 1 aromatic carbocycles. The molecule has 1 fully saturated rings. The molecule has 0 aliphatic heterocycles. The Kier molecular flexibility index (Phi) is 5.56. The van der Waals surface area contributed by atoms with Gasteiger partial charge in [-0.2, -0.15) is 4.31 Å². The summed E-state index contributed by atoms with van der Waals surface area (Å²) in [6, 6.07) is 7.40. The van der Waals surface area contributed by atoms with Crippen LogP contribution in [0.3, 0.4) is 0 Å². The summed E-state index contributed by atoms with van der Waals surface area (Å²) in [6.45, 7) is 7.61. The minimum absolute atomic E-state index is 0.143. The summed E-state index contributed by atoms with van der Waals surface area (Å²) in [6.07, 6.45) is 4.58. The van der Waals surface area contributed by atoms with E-state index >= 15 is 0 Å². The molecular formula is C16H24N2O2S. The van der Waals surface area contributed by atoms with E-state index in [2.05, 4.69) is 18.8 Å². The van der Waals surface area contributed by atoms with Gasteiger partial charge in [0.15, 0.2) is 0 Å². The molecule has 1 saturated carbocycles. The maximum Gasteiger partial charge on any atom is 0.243 e. The Labute approximate surface area is 127 Å². The van der Waals surface area contributed by atoms with E-state index in [1.807, 2.05) is 12.1 Å². The fourth-order valence-corrected chi connectivity index (χ4v) is 4.24.